The molecule has 1 amide bonds. The first kappa shape index (κ1) is 32.7. The van der Waals surface area contributed by atoms with Gasteiger partial charge in [-0.3, -0.25) is 9.59 Å². The zero-order valence-corrected chi connectivity index (χ0v) is 27.9. The zero-order chi connectivity index (χ0) is 33.1. The Hall–Kier alpha value is -4.23. The summed E-state index contributed by atoms with van der Waals surface area (Å²) in [4.78, 5) is 27.8. The van der Waals surface area contributed by atoms with Crippen molar-refractivity contribution in [2.24, 2.45) is 5.92 Å². The van der Waals surface area contributed by atoms with E-state index in [0.717, 1.165) is 43.4 Å². The number of halogens is 1. The highest BCUT2D eigenvalue weighted by Crippen LogP contribution is 2.40. The highest BCUT2D eigenvalue weighted by atomic mass is 19.1. The van der Waals surface area contributed by atoms with E-state index in [4.69, 9.17) is 4.74 Å². The lowest BCUT2D eigenvalue weighted by atomic mass is 9.88. The van der Waals surface area contributed by atoms with E-state index in [1.165, 1.54) is 23.3 Å². The number of pyridine rings is 1. The Morgan fingerprint density at radius 2 is 1.74 bits per heavy atom. The molecule has 3 atom stereocenters. The summed E-state index contributed by atoms with van der Waals surface area (Å²) in [6.07, 6.45) is 7.14. The van der Waals surface area contributed by atoms with Crippen molar-refractivity contribution in [1.82, 2.24) is 15.2 Å². The third-order valence-electron chi connectivity index (χ3n) is 9.79. The predicted molar refractivity (Wildman–Crippen MR) is 185 cm³/mol. The van der Waals surface area contributed by atoms with Gasteiger partial charge in [0.25, 0.3) is 11.5 Å². The molecule has 47 heavy (non-hydrogen) atoms. The van der Waals surface area contributed by atoms with E-state index < -0.39 is 0 Å². The van der Waals surface area contributed by atoms with Gasteiger partial charge in [0.05, 0.1) is 5.56 Å². The number of nitrogens with one attached hydrogen (secondary N) is 2. The molecule has 0 spiro atoms. The summed E-state index contributed by atoms with van der Waals surface area (Å²) in [5, 5.41) is 7.18. The lowest BCUT2D eigenvalue weighted by Gasteiger charge is -2.39. The van der Waals surface area contributed by atoms with Crippen LogP contribution in [0, 0.1) is 18.7 Å². The lowest BCUT2D eigenvalue weighted by molar-refractivity contribution is 0.0649. The smallest absolute Gasteiger partial charge is 0.258 e. The van der Waals surface area contributed by atoms with Crippen LogP contribution in [0.4, 0.5) is 4.39 Å². The van der Waals surface area contributed by atoms with Crippen LogP contribution in [-0.2, 0) is 6.42 Å². The minimum Gasteiger partial charge on any atom is -0.487 e. The Labute approximate surface area is 277 Å². The normalized spacial score (nSPS) is 18.6. The number of amides is 1. The van der Waals surface area contributed by atoms with Gasteiger partial charge in [0, 0.05) is 48.4 Å². The molecular weight excluding hydrogens is 589 g/mol. The van der Waals surface area contributed by atoms with Crippen LogP contribution in [0.2, 0.25) is 0 Å². The first-order chi connectivity index (χ1) is 22.6. The van der Waals surface area contributed by atoms with Crippen LogP contribution in [0.1, 0.15) is 92.0 Å². The van der Waals surface area contributed by atoms with Crippen LogP contribution in [0.25, 0.3) is 11.1 Å². The molecule has 4 aromatic rings. The van der Waals surface area contributed by atoms with Gasteiger partial charge in [0.2, 0.25) is 0 Å². The summed E-state index contributed by atoms with van der Waals surface area (Å²) in [7, 11) is 0. The van der Waals surface area contributed by atoms with Crippen molar-refractivity contribution in [1.29, 1.82) is 0 Å². The second-order valence-corrected chi connectivity index (χ2v) is 14.1. The molecular formula is C40H46FN3O3. The largest absolute Gasteiger partial charge is 0.487 e. The quantitative estimate of drug-likeness (QED) is 0.186. The second kappa shape index (κ2) is 13.9. The number of ether oxygens (including phenoxy) is 1. The fourth-order valence-electron chi connectivity index (χ4n) is 7.16. The number of nitrogens with zero attached hydrogens (tertiary/aromatic N) is 1. The third-order valence-corrected chi connectivity index (χ3v) is 9.79. The van der Waals surface area contributed by atoms with Crippen molar-refractivity contribution >= 4 is 5.91 Å². The predicted octanol–water partition coefficient (Wildman–Crippen LogP) is 7.95. The van der Waals surface area contributed by atoms with Crippen LogP contribution in [0.15, 0.2) is 89.9 Å². The van der Waals surface area contributed by atoms with Crippen molar-refractivity contribution in [3.63, 3.8) is 0 Å². The van der Waals surface area contributed by atoms with Crippen LogP contribution in [-0.4, -0.2) is 28.7 Å². The number of aryl methyl sites for hydroxylation is 1. The molecule has 0 saturated heterocycles. The van der Waals surface area contributed by atoms with Crippen molar-refractivity contribution in [3.8, 4) is 16.9 Å². The molecule has 6 nitrogen and oxygen atoms in total. The van der Waals surface area contributed by atoms with E-state index in [1.54, 1.807) is 29.0 Å². The van der Waals surface area contributed by atoms with Crippen molar-refractivity contribution in [2.75, 3.05) is 6.54 Å². The van der Waals surface area contributed by atoms with Crippen molar-refractivity contribution in [2.45, 2.75) is 89.9 Å². The molecule has 2 aliphatic rings. The molecule has 0 bridgehead atoms. The van der Waals surface area contributed by atoms with E-state index in [9.17, 15) is 14.0 Å². The maximum Gasteiger partial charge on any atom is 0.258 e. The Balaban J connectivity index is 1.27. The minimum absolute atomic E-state index is 0.0490. The highest BCUT2D eigenvalue weighted by Gasteiger charge is 2.34. The van der Waals surface area contributed by atoms with Gasteiger partial charge in [0.1, 0.15) is 17.2 Å². The molecule has 1 aliphatic heterocycles. The average Bonchev–Trinajstić information content (AvgIpc) is 3.59. The maximum atomic E-state index is 14.1. The average molecular weight is 636 g/mol. The summed E-state index contributed by atoms with van der Waals surface area (Å²) < 4.78 is 21.8. The van der Waals surface area contributed by atoms with E-state index in [0.29, 0.717) is 29.7 Å². The molecule has 3 aromatic carbocycles. The monoisotopic (exact) mass is 635 g/mol. The zero-order valence-electron chi connectivity index (χ0n) is 27.9. The van der Waals surface area contributed by atoms with Crippen molar-refractivity contribution < 1.29 is 13.9 Å². The Morgan fingerprint density at radius 3 is 2.47 bits per heavy atom. The fourth-order valence-corrected chi connectivity index (χ4v) is 7.16. The molecule has 7 heteroatoms. The molecule has 0 radical (unpaired) electrons. The van der Waals surface area contributed by atoms with Gasteiger partial charge in [-0.2, -0.15) is 0 Å². The fraction of sp³-hybridized carbons (Fsp3) is 0.400. The van der Waals surface area contributed by atoms with E-state index in [-0.39, 0.29) is 46.9 Å². The van der Waals surface area contributed by atoms with Gasteiger partial charge in [-0.25, -0.2) is 4.39 Å². The second-order valence-electron chi connectivity index (χ2n) is 14.1. The molecule has 1 fully saturated rings. The van der Waals surface area contributed by atoms with Crippen molar-refractivity contribution in [3.05, 3.63) is 123 Å². The molecule has 1 aliphatic carbocycles. The molecule has 246 valence electrons. The number of aromatic nitrogens is 1. The van der Waals surface area contributed by atoms with Gasteiger partial charge in [-0.05, 0) is 81.3 Å². The standard InChI is InChI=1S/C40H46FN3O3/c1-26-14-19-37-34(20-26)36(23-40(3,4)47-37)42-24-27(2)35(21-28-10-6-5-7-11-28)43-38(45)30-22-33(29-15-17-31(41)18-16-29)39(46)44(25-30)32-12-8-9-13-32/h5-7,10-11,14-20,22,25,27,32,35-36,42H,8-9,12-13,21,23-24H2,1-4H3,(H,43,45). The number of benzene rings is 3. The molecule has 6 rings (SSSR count). The van der Waals surface area contributed by atoms with Gasteiger partial charge in [-0.1, -0.05) is 79.9 Å². The molecule has 2 N–H and O–H groups in total. The Morgan fingerprint density at radius 1 is 1.02 bits per heavy atom. The van der Waals surface area contributed by atoms with Gasteiger partial charge < -0.3 is 19.9 Å². The van der Waals surface area contributed by atoms with Crippen LogP contribution >= 0.6 is 0 Å². The number of fused-ring (bicyclic) bond motifs is 1. The molecule has 1 aromatic heterocycles. The first-order valence-electron chi connectivity index (χ1n) is 17.0. The van der Waals surface area contributed by atoms with Gasteiger partial charge >= 0.3 is 0 Å². The van der Waals surface area contributed by atoms with E-state index >= 15 is 0 Å². The van der Waals surface area contributed by atoms with E-state index in [1.807, 2.05) is 18.2 Å². The summed E-state index contributed by atoms with van der Waals surface area (Å²) in [6.45, 7) is 9.21. The SMILES string of the molecule is Cc1ccc2c(c1)C(NCC(C)C(Cc1ccccc1)NC(=O)c1cc(-c3ccc(F)cc3)c(=O)n(C3CCCC3)c1)CC(C)(C)O2. The summed E-state index contributed by atoms with van der Waals surface area (Å²) in [6, 6.07) is 24.2. The van der Waals surface area contributed by atoms with Crippen LogP contribution in [0.5, 0.6) is 5.75 Å². The van der Waals surface area contributed by atoms with Crippen LogP contribution in [0.3, 0.4) is 0 Å². The summed E-state index contributed by atoms with van der Waals surface area (Å²) >= 11 is 0. The lowest BCUT2D eigenvalue weighted by Crippen LogP contribution is -2.46. The topological polar surface area (TPSA) is 72.4 Å². The maximum absolute atomic E-state index is 14.1. The Kier molecular flexibility index (Phi) is 9.65. The van der Waals surface area contributed by atoms with Crippen LogP contribution < -0.4 is 20.9 Å². The first-order valence-corrected chi connectivity index (χ1v) is 17.0. The molecule has 2 heterocycles. The number of hydrogen-bond donors (Lipinski definition) is 2. The van der Waals surface area contributed by atoms with Gasteiger partial charge in [-0.15, -0.1) is 0 Å². The number of carbonyl (C=O) groups excluding carboxylic acids is 1. The van der Waals surface area contributed by atoms with E-state index in [2.05, 4.69) is 68.7 Å². The summed E-state index contributed by atoms with van der Waals surface area (Å²) in [5.74, 6) is 0.408. The molecule has 1 saturated carbocycles. The number of rotatable bonds is 10. The number of hydrogen-bond acceptors (Lipinski definition) is 4. The third kappa shape index (κ3) is 7.68. The highest BCUT2D eigenvalue weighted by molar-refractivity contribution is 5.95. The number of carbonyl (C=O) groups is 1. The van der Waals surface area contributed by atoms with Gasteiger partial charge in [0.15, 0.2) is 0 Å². The minimum atomic E-state index is -0.368. The Bertz CT molecular complexity index is 1760. The summed E-state index contributed by atoms with van der Waals surface area (Å²) in [5.41, 5.74) is 4.51. The molecule has 3 unspecified atom stereocenters.